The monoisotopic (exact) mass is 1640 g/mol. The van der Waals surface area contributed by atoms with Gasteiger partial charge in [-0.3, -0.25) is 0 Å². The Hall–Kier alpha value is -11.2. The van der Waals surface area contributed by atoms with E-state index < -0.39 is 70.4 Å². The molecule has 6 saturated heterocycles. The zero-order valence-corrected chi connectivity index (χ0v) is 70.5. The Morgan fingerprint density at radius 2 is 0.224 bits per heavy atom. The summed E-state index contributed by atoms with van der Waals surface area (Å²) in [5, 5.41) is 15.8. The molecule has 0 N–H and O–H groups in total. The van der Waals surface area contributed by atoms with Crippen molar-refractivity contribution >= 4 is 205 Å². The van der Waals surface area contributed by atoms with Crippen molar-refractivity contribution in [3.05, 3.63) is 430 Å². The minimum Gasteiger partial charge on any atom is -0.367 e. The Labute approximate surface area is 679 Å². The second-order valence-corrected chi connectivity index (χ2v) is 51.4. The van der Waals surface area contributed by atoms with Gasteiger partial charge in [-0.05, 0) is 176 Å². The van der Waals surface area contributed by atoms with Gasteiger partial charge in [0.05, 0.1) is 0 Å². The molecule has 116 heavy (non-hydrogen) atoms. The maximum atomic E-state index is 8.60. The van der Waals surface area contributed by atoms with Crippen molar-refractivity contribution in [2.24, 2.45) is 0 Å². The van der Waals surface area contributed by atoms with E-state index in [1.807, 2.05) is 240 Å². The van der Waals surface area contributed by atoms with Crippen LogP contribution in [0.2, 0.25) is 0 Å². The summed E-state index contributed by atoms with van der Waals surface area (Å²) in [6.45, 7) is 0. The smallest absolute Gasteiger partial charge is 0.367 e. The lowest BCUT2D eigenvalue weighted by Crippen LogP contribution is -2.87. The second kappa shape index (κ2) is 29.5. The van der Waals surface area contributed by atoms with Gasteiger partial charge in [0, 0.05) is 0 Å². The third-order valence-electron chi connectivity index (χ3n) is 21.7. The molecule has 6 aliphatic heterocycles. The molecule has 16 aromatic rings. The lowest BCUT2D eigenvalue weighted by Gasteiger charge is -2.60. The largest absolute Gasteiger partial charge is 0.508 e. The molecule has 6 aliphatic rings. The Morgan fingerprint density at radius 3 is 0.345 bits per heavy atom. The van der Waals surface area contributed by atoms with Crippen molar-refractivity contribution < 1.29 is 49.4 Å². The first-order valence-electron chi connectivity index (χ1n) is 38.8. The van der Waals surface area contributed by atoms with Crippen LogP contribution >= 0.6 is 0 Å². The summed E-state index contributed by atoms with van der Waals surface area (Å²) < 4.78 is 103. The van der Waals surface area contributed by atoms with Crippen molar-refractivity contribution in [1.29, 1.82) is 0 Å². The molecule has 0 radical (unpaired) electrons. The predicted molar refractivity (Wildman–Crippen MR) is 483 cm³/mol. The van der Waals surface area contributed by atoms with Crippen LogP contribution in [0, 0.1) is 0 Å². The molecule has 6 fully saturated rings. The van der Waals surface area contributed by atoms with Gasteiger partial charge in [0.25, 0.3) is 0 Å². The average molecular weight is 1640 g/mol. The number of hydrogen-bond acceptors (Lipinski definition) is 12. The van der Waals surface area contributed by atoms with Gasteiger partial charge < -0.3 is 49.4 Å². The molecule has 20 heteroatoms. The molecule has 8 bridgehead atoms. The predicted octanol–water partition coefficient (Wildman–Crippen LogP) is 23.0. The zero-order chi connectivity index (χ0) is 77.3. The van der Waals surface area contributed by atoms with E-state index in [-0.39, 0.29) is 0 Å². The molecule has 16 aromatic carbocycles. The molecule has 0 atom stereocenters. The molecule has 6 heterocycles. The van der Waals surface area contributed by atoms with E-state index in [1.54, 1.807) is 0 Å². The standard InChI is InChI=1S/C96H72O12Si8/c1-9-49-89-73(25-1)33-17-41-81(89)57-65-109-97-110(66-58-82-42-18-34-74-26-2-10-50-90(74)82)100-113(69-61-85-45-21-37-77-29-5-13-53-93(77)85)102-111(98-109,67-59-83-43-19-35-75-27-3-11-51-91(75)83)104-115(71-63-87-47-23-39-79-31-7-15-55-95(79)87)105-112(99-109,68-60-84-44-20-36-76-28-4-12-52-92(76)84)103-114(101-110,70-62-86-46-22-38-78-30-6-14-54-94(78)86)107-116(106-113,108-115)72-64-88-48-24-40-80-32-8-16-56-96(80)88/h1-72H. The van der Waals surface area contributed by atoms with E-state index in [9.17, 15) is 0 Å². The molecule has 0 saturated carbocycles. The van der Waals surface area contributed by atoms with Crippen LogP contribution in [-0.2, 0) is 49.4 Å². The SMILES string of the molecule is C(=C[Si]12O[Si]3(C=Cc4cccc5ccccc45)O[Si]4(C=Cc5cccc6ccccc56)O[Si](C=Cc5cccc6ccccc56)(O1)O[Si]1(C=Cc5cccc6ccccc56)O[Si](C=Cc5cccc6ccccc56)(O2)O[Si](C=Cc2cccc5ccccc25)(O3)O[Si](C=Cc2cccc3ccccc23)(O4)O1)c1cccc2ccccc12. The maximum Gasteiger partial charge on any atom is 0.508 e. The molecule has 22 rings (SSSR count). The molecular weight excluding hydrogens is 1570 g/mol. The van der Waals surface area contributed by atoms with Gasteiger partial charge in [-0.1, -0.05) is 388 Å². The Bertz CT molecular complexity index is 5550. The summed E-state index contributed by atoms with van der Waals surface area (Å²) in [5.41, 5.74) is 21.9. The van der Waals surface area contributed by atoms with Crippen LogP contribution < -0.4 is 0 Å². The van der Waals surface area contributed by atoms with Crippen molar-refractivity contribution in [3.8, 4) is 0 Å². The molecular formula is C96H72O12Si8. The zero-order valence-electron chi connectivity index (χ0n) is 62.5. The second-order valence-electron chi connectivity index (χ2n) is 29.3. The highest BCUT2D eigenvalue weighted by atomic mass is 28.6. The third kappa shape index (κ3) is 13.9. The summed E-state index contributed by atoms with van der Waals surface area (Å²) in [6, 6.07) is 116. The van der Waals surface area contributed by atoms with Gasteiger partial charge in [-0.25, -0.2) is 0 Å². The highest BCUT2D eigenvalue weighted by Gasteiger charge is 2.82. The molecule has 0 aliphatic carbocycles. The minimum atomic E-state index is -5.16. The van der Waals surface area contributed by atoms with E-state index in [0.717, 1.165) is 131 Å². The quantitative estimate of drug-likeness (QED) is 0.0859. The first kappa shape index (κ1) is 72.5. The van der Waals surface area contributed by atoms with Crippen LogP contribution in [0.4, 0.5) is 0 Å². The van der Waals surface area contributed by atoms with Crippen LogP contribution in [0.1, 0.15) is 44.5 Å². The number of fused-ring (bicyclic) bond motifs is 8. The van der Waals surface area contributed by atoms with E-state index in [4.69, 9.17) is 49.4 Å². The summed E-state index contributed by atoms with van der Waals surface area (Å²) in [5.74, 6) is 0. The first-order chi connectivity index (χ1) is 57.0. The van der Waals surface area contributed by atoms with E-state index >= 15 is 0 Å². The summed E-state index contributed by atoms with van der Waals surface area (Å²) in [4.78, 5) is 0. The van der Waals surface area contributed by atoms with Gasteiger partial charge in [-0.2, -0.15) is 0 Å². The van der Waals surface area contributed by atoms with E-state index in [0.29, 0.717) is 0 Å². The Morgan fingerprint density at radius 1 is 0.121 bits per heavy atom. The van der Waals surface area contributed by atoms with Gasteiger partial charge >= 0.3 is 70.4 Å². The fraction of sp³-hybridized carbons (Fsp3) is 0. The van der Waals surface area contributed by atoms with Crippen molar-refractivity contribution in [3.63, 3.8) is 0 Å². The first-order valence-corrected chi connectivity index (χ1v) is 53.2. The van der Waals surface area contributed by atoms with Crippen molar-refractivity contribution in [2.75, 3.05) is 0 Å². The van der Waals surface area contributed by atoms with Crippen LogP contribution in [-0.4, -0.2) is 70.4 Å². The highest BCUT2D eigenvalue weighted by Crippen LogP contribution is 2.52. The molecule has 0 amide bonds. The highest BCUT2D eigenvalue weighted by molar-refractivity contribution is 7.08. The minimum absolute atomic E-state index is 0.833. The fourth-order valence-electron chi connectivity index (χ4n) is 16.4. The number of hydrogen-bond donors (Lipinski definition) is 0. The normalized spacial score (nSPS) is 25.5. The lowest BCUT2D eigenvalue weighted by molar-refractivity contribution is -0.00559. The third-order valence-corrected chi connectivity index (χ3v) is 53.7. The van der Waals surface area contributed by atoms with Crippen LogP contribution in [0.15, 0.2) is 385 Å². The summed E-state index contributed by atoms with van der Waals surface area (Å²) in [6.07, 6.45) is 16.1. The Balaban J connectivity index is 0.921. The topological polar surface area (TPSA) is 111 Å². The van der Waals surface area contributed by atoms with Gasteiger partial charge in [0.1, 0.15) is 0 Å². The maximum absolute atomic E-state index is 8.60. The van der Waals surface area contributed by atoms with Crippen LogP contribution in [0.3, 0.4) is 0 Å². The van der Waals surface area contributed by atoms with E-state index in [1.165, 1.54) is 0 Å². The lowest BCUT2D eigenvalue weighted by atomic mass is 10.1. The average Bonchev–Trinajstić information content (AvgIpc) is 0.683. The van der Waals surface area contributed by atoms with Crippen molar-refractivity contribution in [2.45, 2.75) is 0 Å². The molecule has 0 unspecified atom stereocenters. The van der Waals surface area contributed by atoms with Gasteiger partial charge in [-0.15, -0.1) is 0 Å². The number of rotatable bonds is 16. The number of benzene rings is 16. The van der Waals surface area contributed by atoms with Crippen molar-refractivity contribution in [1.82, 2.24) is 0 Å². The summed E-state index contributed by atoms with van der Waals surface area (Å²) in [7, 11) is -41.3. The van der Waals surface area contributed by atoms with E-state index in [2.05, 4.69) is 194 Å². The fourth-order valence-corrected chi connectivity index (χ4v) is 58.0. The molecule has 12 nitrogen and oxygen atoms in total. The molecule has 0 aromatic heterocycles. The van der Waals surface area contributed by atoms with Crippen LogP contribution in [0.25, 0.3) is 135 Å². The van der Waals surface area contributed by atoms with Crippen LogP contribution in [0.5, 0.6) is 0 Å². The van der Waals surface area contributed by atoms with Gasteiger partial charge in [0.2, 0.25) is 0 Å². The van der Waals surface area contributed by atoms with Gasteiger partial charge in [0.15, 0.2) is 0 Å². The molecule has 0 spiro atoms. The summed E-state index contributed by atoms with van der Waals surface area (Å²) >= 11 is 0. The molecule has 560 valence electrons. The Kier molecular flexibility index (Phi) is 18.4.